The molecule has 0 aliphatic rings. The molecular weight excluding hydrogens is 523 g/mol. The minimum atomic E-state index is -3.60. The number of hydrogen-bond donors (Lipinski definition) is 0. The van der Waals surface area contributed by atoms with Crippen LogP contribution in [0, 0.1) is 0 Å². The molecule has 0 saturated carbocycles. The van der Waals surface area contributed by atoms with Gasteiger partial charge in [0.05, 0.1) is 0 Å². The molecular formula is C31H26SSn. The van der Waals surface area contributed by atoms with E-state index in [0.29, 0.717) is 3.27 Å². The van der Waals surface area contributed by atoms with E-state index in [-0.39, 0.29) is 0 Å². The summed E-state index contributed by atoms with van der Waals surface area (Å²) in [6.45, 7) is 0. The van der Waals surface area contributed by atoms with Gasteiger partial charge in [0, 0.05) is 0 Å². The molecule has 0 saturated heterocycles. The monoisotopic (exact) mass is 550 g/mol. The summed E-state index contributed by atoms with van der Waals surface area (Å²) in [4.78, 5) is 1.32. The summed E-state index contributed by atoms with van der Waals surface area (Å²) in [5.41, 5.74) is 1.40. The Bertz CT molecular complexity index is 1160. The first-order valence-electron chi connectivity index (χ1n) is 11.3. The van der Waals surface area contributed by atoms with Crippen LogP contribution < -0.4 is 10.7 Å². The summed E-state index contributed by atoms with van der Waals surface area (Å²) in [6.07, 6.45) is 0. The topological polar surface area (TPSA) is 0 Å². The van der Waals surface area contributed by atoms with Gasteiger partial charge in [-0.05, 0) is 0 Å². The van der Waals surface area contributed by atoms with Gasteiger partial charge in [0.1, 0.15) is 0 Å². The summed E-state index contributed by atoms with van der Waals surface area (Å²) < 4.78 is 4.83. The van der Waals surface area contributed by atoms with E-state index in [9.17, 15) is 0 Å². The zero-order valence-corrected chi connectivity index (χ0v) is 22.1. The maximum absolute atomic E-state index is 3.60. The van der Waals surface area contributed by atoms with Crippen molar-refractivity contribution in [2.45, 2.75) is 8.16 Å². The standard InChI is InChI=1S/C13H11S.3C6H5.Sn/c1-3-7-12(8-4-1)11-14-13-9-5-2-6-10-13;3*1-2-4-6-5-3-1;/h1-11H;3*1-5H;. The fourth-order valence-corrected chi connectivity index (χ4v) is 24.8. The van der Waals surface area contributed by atoms with E-state index in [1.54, 1.807) is 0 Å². The van der Waals surface area contributed by atoms with Crippen molar-refractivity contribution >= 4 is 40.9 Å². The van der Waals surface area contributed by atoms with Gasteiger partial charge in [-0.25, -0.2) is 0 Å². The van der Waals surface area contributed by atoms with Crippen LogP contribution in [0.1, 0.15) is 8.83 Å². The second-order valence-corrected chi connectivity index (χ2v) is 21.7. The average molecular weight is 549 g/mol. The van der Waals surface area contributed by atoms with Crippen LogP contribution in [0.25, 0.3) is 0 Å². The van der Waals surface area contributed by atoms with Crippen molar-refractivity contribution < 1.29 is 0 Å². The first-order chi connectivity index (χ1) is 16.4. The molecule has 5 rings (SSSR count). The third-order valence-corrected chi connectivity index (χ3v) is 24.5. The van der Waals surface area contributed by atoms with Gasteiger partial charge in [-0.2, -0.15) is 0 Å². The Morgan fingerprint density at radius 2 is 0.727 bits per heavy atom. The van der Waals surface area contributed by atoms with E-state index in [0.717, 1.165) is 0 Å². The fourth-order valence-electron chi connectivity index (χ4n) is 4.73. The van der Waals surface area contributed by atoms with E-state index in [1.807, 2.05) is 11.8 Å². The Labute approximate surface area is 205 Å². The maximum atomic E-state index is 2.37. The molecule has 0 nitrogen and oxygen atoms in total. The van der Waals surface area contributed by atoms with Crippen LogP contribution in [0.5, 0.6) is 0 Å². The normalized spacial score (nSPS) is 12.2. The summed E-state index contributed by atoms with van der Waals surface area (Å²) in [6, 6.07) is 55.9. The van der Waals surface area contributed by atoms with Crippen LogP contribution in [-0.4, -0.2) is 18.4 Å². The molecule has 0 spiro atoms. The molecule has 1 atom stereocenters. The number of benzene rings is 5. The molecule has 0 amide bonds. The van der Waals surface area contributed by atoms with Crippen molar-refractivity contribution in [2.24, 2.45) is 0 Å². The Balaban J connectivity index is 1.86. The van der Waals surface area contributed by atoms with Crippen LogP contribution >= 0.6 is 11.8 Å². The third-order valence-electron chi connectivity index (χ3n) is 6.18. The van der Waals surface area contributed by atoms with Crippen molar-refractivity contribution in [3.05, 3.63) is 157 Å². The molecule has 1 unspecified atom stereocenters. The number of hydrogen-bond acceptors (Lipinski definition) is 1. The molecule has 0 radical (unpaired) electrons. The molecule has 0 fully saturated rings. The van der Waals surface area contributed by atoms with Crippen LogP contribution in [-0.2, 0) is 0 Å². The van der Waals surface area contributed by atoms with Crippen molar-refractivity contribution in [3.63, 3.8) is 0 Å². The van der Waals surface area contributed by atoms with E-state index in [2.05, 4.69) is 152 Å². The first kappa shape index (κ1) is 22.1. The molecule has 5 aromatic rings. The number of thioether (sulfide) groups is 1. The van der Waals surface area contributed by atoms with Gasteiger partial charge >= 0.3 is 206 Å². The molecule has 160 valence electrons. The van der Waals surface area contributed by atoms with Gasteiger partial charge in [-0.1, -0.05) is 0 Å². The van der Waals surface area contributed by atoms with Crippen molar-refractivity contribution in [2.75, 3.05) is 0 Å². The van der Waals surface area contributed by atoms with E-state index in [4.69, 9.17) is 0 Å². The van der Waals surface area contributed by atoms with Crippen molar-refractivity contribution in [3.8, 4) is 0 Å². The minimum absolute atomic E-state index is 0.329. The first-order valence-corrected chi connectivity index (χ1v) is 18.1. The van der Waals surface area contributed by atoms with Gasteiger partial charge in [0.15, 0.2) is 0 Å². The quantitative estimate of drug-likeness (QED) is 0.172. The molecule has 0 N–H and O–H groups in total. The molecule has 2 heteroatoms. The van der Waals surface area contributed by atoms with Gasteiger partial charge in [-0.3, -0.25) is 0 Å². The van der Waals surface area contributed by atoms with Gasteiger partial charge < -0.3 is 0 Å². The molecule has 5 aromatic carbocycles. The molecule has 0 aromatic heterocycles. The Hall–Kier alpha value is -2.75. The van der Waals surface area contributed by atoms with E-state index in [1.165, 1.54) is 21.2 Å². The Morgan fingerprint density at radius 3 is 1.12 bits per heavy atom. The van der Waals surface area contributed by atoms with Crippen LogP contribution in [0.4, 0.5) is 0 Å². The van der Waals surface area contributed by atoms with Gasteiger partial charge in [0.25, 0.3) is 0 Å². The molecule has 33 heavy (non-hydrogen) atoms. The second-order valence-electron chi connectivity index (χ2n) is 8.13. The summed E-state index contributed by atoms with van der Waals surface area (Å²) in [5, 5.41) is 0. The fraction of sp³-hybridized carbons (Fsp3) is 0.0323. The molecule has 0 aliphatic carbocycles. The van der Waals surface area contributed by atoms with Crippen LogP contribution in [0.15, 0.2) is 157 Å². The zero-order valence-electron chi connectivity index (χ0n) is 18.4. The molecule has 0 aliphatic heterocycles. The van der Waals surface area contributed by atoms with Gasteiger partial charge in [0.2, 0.25) is 0 Å². The van der Waals surface area contributed by atoms with E-state index >= 15 is 0 Å². The Morgan fingerprint density at radius 1 is 0.394 bits per heavy atom. The molecule has 0 bridgehead atoms. The zero-order chi connectivity index (χ0) is 22.3. The van der Waals surface area contributed by atoms with Crippen LogP contribution in [0.2, 0.25) is 0 Å². The SMILES string of the molecule is c1ccc(S[CH](c2ccccc2)[Sn]([c]2ccccc2)([c]2ccccc2)[c]2ccccc2)cc1. The van der Waals surface area contributed by atoms with E-state index < -0.39 is 18.4 Å². The number of rotatable bonds is 7. The predicted octanol–water partition coefficient (Wildman–Crippen LogP) is 6.23. The summed E-state index contributed by atoms with van der Waals surface area (Å²) in [7, 11) is 0. The van der Waals surface area contributed by atoms with Crippen molar-refractivity contribution in [1.29, 1.82) is 0 Å². The van der Waals surface area contributed by atoms with Crippen molar-refractivity contribution in [1.82, 2.24) is 0 Å². The average Bonchev–Trinajstić information content (AvgIpc) is 2.91. The summed E-state index contributed by atoms with van der Waals surface area (Å²) >= 11 is -1.58. The third kappa shape index (κ3) is 4.53. The molecule has 0 heterocycles. The van der Waals surface area contributed by atoms with Gasteiger partial charge in [-0.15, -0.1) is 0 Å². The second kappa shape index (κ2) is 10.5. The summed E-state index contributed by atoms with van der Waals surface area (Å²) in [5.74, 6) is 0. The predicted molar refractivity (Wildman–Crippen MR) is 145 cm³/mol. The Kier molecular flexibility index (Phi) is 6.99. The van der Waals surface area contributed by atoms with Crippen LogP contribution in [0.3, 0.4) is 0 Å².